The van der Waals surface area contributed by atoms with E-state index >= 15 is 0 Å². The number of pyridine rings is 1. The molecule has 10 heteroatoms. The number of nitriles is 1. The molecule has 0 radical (unpaired) electrons. The molecular formula is C20H22F3N7. The Hall–Kier alpha value is -2.93. The Balaban J connectivity index is 1.66. The minimum Gasteiger partial charge on any atom is -0.338 e. The van der Waals surface area contributed by atoms with Gasteiger partial charge >= 0.3 is 6.18 Å². The van der Waals surface area contributed by atoms with Gasteiger partial charge in [0.15, 0.2) is 0 Å². The zero-order valence-electron chi connectivity index (χ0n) is 16.5. The monoisotopic (exact) mass is 417 g/mol. The molecule has 0 unspecified atom stereocenters. The van der Waals surface area contributed by atoms with Gasteiger partial charge in [-0.2, -0.15) is 23.4 Å². The van der Waals surface area contributed by atoms with Crippen LogP contribution in [-0.4, -0.2) is 53.1 Å². The van der Waals surface area contributed by atoms with Gasteiger partial charge < -0.3 is 15.1 Å². The van der Waals surface area contributed by atoms with Crippen LogP contribution in [0.25, 0.3) is 0 Å². The zero-order chi connectivity index (χ0) is 21.3. The SMILES string of the molecule is CN1CCC(c2cc(Nc3ncccc3C(F)(F)F)nc(N3CC(C#N)C3)n2)CC1. The number of likely N-dealkylation sites (tertiary alicyclic amines) is 1. The number of rotatable bonds is 4. The summed E-state index contributed by atoms with van der Waals surface area (Å²) in [5.41, 5.74) is -0.0417. The van der Waals surface area contributed by atoms with Gasteiger partial charge in [-0.1, -0.05) is 0 Å². The summed E-state index contributed by atoms with van der Waals surface area (Å²) in [5.74, 6) is 0.554. The van der Waals surface area contributed by atoms with Crippen molar-refractivity contribution in [2.24, 2.45) is 5.92 Å². The lowest BCUT2D eigenvalue weighted by atomic mass is 9.93. The first-order valence-electron chi connectivity index (χ1n) is 9.85. The van der Waals surface area contributed by atoms with Crippen LogP contribution in [0.3, 0.4) is 0 Å². The Morgan fingerprint density at radius 1 is 1.20 bits per heavy atom. The van der Waals surface area contributed by atoms with Crippen molar-refractivity contribution in [1.82, 2.24) is 19.9 Å². The second-order valence-electron chi connectivity index (χ2n) is 7.81. The standard InChI is InChI=1S/C20H22F3N7/c1-29-7-4-14(5-8-29)16-9-17(28-19(26-16)30-11-13(10-24)12-30)27-18-15(20(21,22)23)3-2-6-25-18/h2-3,6,9,13-14H,4-5,7-8,11-12H2,1H3,(H,25,26,27,28). The van der Waals surface area contributed by atoms with Crippen LogP contribution in [0.1, 0.15) is 30.0 Å². The molecule has 2 saturated heterocycles. The lowest BCUT2D eigenvalue weighted by Gasteiger charge is -2.36. The van der Waals surface area contributed by atoms with E-state index in [0.717, 1.165) is 37.7 Å². The third-order valence-corrected chi connectivity index (χ3v) is 5.58. The van der Waals surface area contributed by atoms with Gasteiger partial charge in [-0.25, -0.2) is 9.97 Å². The highest BCUT2D eigenvalue weighted by Gasteiger charge is 2.35. The van der Waals surface area contributed by atoms with Gasteiger partial charge in [0, 0.05) is 31.3 Å². The van der Waals surface area contributed by atoms with Crippen LogP contribution >= 0.6 is 0 Å². The van der Waals surface area contributed by atoms with Crippen molar-refractivity contribution in [2.45, 2.75) is 24.9 Å². The molecule has 2 fully saturated rings. The van der Waals surface area contributed by atoms with E-state index in [1.165, 1.54) is 12.3 Å². The van der Waals surface area contributed by atoms with E-state index < -0.39 is 11.7 Å². The highest BCUT2D eigenvalue weighted by atomic mass is 19.4. The summed E-state index contributed by atoms with van der Waals surface area (Å²) in [4.78, 5) is 17.1. The predicted octanol–water partition coefficient (Wildman–Crippen LogP) is 3.40. The van der Waals surface area contributed by atoms with Crippen molar-refractivity contribution in [3.8, 4) is 6.07 Å². The molecule has 0 spiro atoms. The van der Waals surface area contributed by atoms with Gasteiger partial charge in [-0.3, -0.25) is 0 Å². The van der Waals surface area contributed by atoms with Crippen LogP contribution in [-0.2, 0) is 6.18 Å². The van der Waals surface area contributed by atoms with E-state index in [9.17, 15) is 13.2 Å². The van der Waals surface area contributed by atoms with Gasteiger partial charge in [0.05, 0.1) is 23.2 Å². The van der Waals surface area contributed by atoms with Crippen molar-refractivity contribution < 1.29 is 13.2 Å². The van der Waals surface area contributed by atoms with E-state index in [-0.39, 0.29) is 23.5 Å². The summed E-state index contributed by atoms with van der Waals surface area (Å²) in [7, 11) is 2.07. The van der Waals surface area contributed by atoms with E-state index in [0.29, 0.717) is 19.0 Å². The van der Waals surface area contributed by atoms with Crippen molar-refractivity contribution >= 4 is 17.6 Å². The van der Waals surface area contributed by atoms with Gasteiger partial charge in [-0.15, -0.1) is 0 Å². The molecule has 2 aliphatic rings. The molecule has 4 heterocycles. The lowest BCUT2D eigenvalue weighted by Crippen LogP contribution is -2.47. The van der Waals surface area contributed by atoms with Gasteiger partial charge in [0.25, 0.3) is 0 Å². The molecule has 2 aliphatic heterocycles. The third kappa shape index (κ3) is 4.31. The normalized spacial score (nSPS) is 18.7. The molecule has 0 aliphatic carbocycles. The number of nitrogens with zero attached hydrogens (tertiary/aromatic N) is 6. The predicted molar refractivity (Wildman–Crippen MR) is 105 cm³/mol. The van der Waals surface area contributed by atoms with Crippen LogP contribution < -0.4 is 10.2 Å². The molecule has 0 atom stereocenters. The number of aromatic nitrogens is 3. The molecular weight excluding hydrogens is 395 g/mol. The van der Waals surface area contributed by atoms with E-state index in [1.54, 1.807) is 6.07 Å². The van der Waals surface area contributed by atoms with Crippen LogP contribution in [0.15, 0.2) is 24.4 Å². The fraction of sp³-hybridized carbons (Fsp3) is 0.500. The third-order valence-electron chi connectivity index (χ3n) is 5.58. The minimum atomic E-state index is -4.53. The Kier molecular flexibility index (Phi) is 5.47. The molecule has 0 amide bonds. The molecule has 4 rings (SSSR count). The first-order chi connectivity index (χ1) is 14.3. The number of alkyl halides is 3. The van der Waals surface area contributed by atoms with E-state index in [4.69, 9.17) is 5.26 Å². The average Bonchev–Trinajstić information content (AvgIpc) is 2.67. The maximum absolute atomic E-state index is 13.4. The first-order valence-corrected chi connectivity index (χ1v) is 9.85. The molecule has 0 saturated carbocycles. The number of nitrogens with one attached hydrogen (secondary N) is 1. The summed E-state index contributed by atoms with van der Waals surface area (Å²) >= 11 is 0. The molecule has 0 bridgehead atoms. The smallest absolute Gasteiger partial charge is 0.338 e. The molecule has 30 heavy (non-hydrogen) atoms. The van der Waals surface area contributed by atoms with E-state index in [1.807, 2.05) is 4.90 Å². The fourth-order valence-electron chi connectivity index (χ4n) is 3.75. The Bertz CT molecular complexity index is 942. The van der Waals surface area contributed by atoms with Crippen LogP contribution in [0.4, 0.5) is 30.8 Å². The maximum atomic E-state index is 13.4. The molecule has 1 N–H and O–H groups in total. The number of halogens is 3. The summed E-state index contributed by atoms with van der Waals surface area (Å²) in [6.07, 6.45) is -1.37. The van der Waals surface area contributed by atoms with Crippen LogP contribution in [0.2, 0.25) is 0 Å². The van der Waals surface area contributed by atoms with Crippen molar-refractivity contribution in [2.75, 3.05) is 43.4 Å². The molecule has 7 nitrogen and oxygen atoms in total. The van der Waals surface area contributed by atoms with Gasteiger partial charge in [0.1, 0.15) is 11.6 Å². The number of piperidine rings is 1. The molecule has 2 aromatic rings. The van der Waals surface area contributed by atoms with Crippen molar-refractivity contribution in [3.05, 3.63) is 35.7 Å². The number of hydrogen-bond acceptors (Lipinski definition) is 7. The fourth-order valence-corrected chi connectivity index (χ4v) is 3.75. The Morgan fingerprint density at radius 2 is 1.93 bits per heavy atom. The molecule has 0 aromatic carbocycles. The minimum absolute atomic E-state index is 0.0791. The first kappa shape index (κ1) is 20.3. The molecule has 158 valence electrons. The van der Waals surface area contributed by atoms with Crippen LogP contribution in [0.5, 0.6) is 0 Å². The number of anilines is 3. The van der Waals surface area contributed by atoms with E-state index in [2.05, 4.69) is 38.3 Å². The zero-order valence-corrected chi connectivity index (χ0v) is 16.5. The highest BCUT2D eigenvalue weighted by Crippen LogP contribution is 2.36. The summed E-state index contributed by atoms with van der Waals surface area (Å²) < 4.78 is 40.1. The second kappa shape index (κ2) is 8.07. The number of hydrogen-bond donors (Lipinski definition) is 1. The van der Waals surface area contributed by atoms with Crippen molar-refractivity contribution in [1.29, 1.82) is 5.26 Å². The quantitative estimate of drug-likeness (QED) is 0.817. The summed E-state index contributed by atoms with van der Waals surface area (Å²) in [6.45, 7) is 2.91. The largest absolute Gasteiger partial charge is 0.419 e. The summed E-state index contributed by atoms with van der Waals surface area (Å²) in [5, 5.41) is 11.8. The lowest BCUT2D eigenvalue weighted by molar-refractivity contribution is -0.137. The van der Waals surface area contributed by atoms with Gasteiger partial charge in [0.2, 0.25) is 5.95 Å². The Morgan fingerprint density at radius 3 is 2.60 bits per heavy atom. The topological polar surface area (TPSA) is 81.0 Å². The highest BCUT2D eigenvalue weighted by molar-refractivity contribution is 5.59. The van der Waals surface area contributed by atoms with Gasteiger partial charge in [-0.05, 0) is 45.1 Å². The van der Waals surface area contributed by atoms with Crippen LogP contribution in [0, 0.1) is 17.2 Å². The maximum Gasteiger partial charge on any atom is 0.419 e. The Labute approximate surface area is 172 Å². The summed E-state index contributed by atoms with van der Waals surface area (Å²) in [6, 6.07) is 6.17. The second-order valence-corrected chi connectivity index (χ2v) is 7.81. The van der Waals surface area contributed by atoms with Crippen molar-refractivity contribution in [3.63, 3.8) is 0 Å². The molecule has 2 aromatic heterocycles. The average molecular weight is 417 g/mol.